The van der Waals surface area contributed by atoms with Gasteiger partial charge in [0.2, 0.25) is 0 Å². The number of quaternary nitrogens is 1. The Kier molecular flexibility index (Phi) is 8.74. The van der Waals surface area contributed by atoms with Crippen LogP contribution >= 0.6 is 0 Å². The SMILES string of the molecule is Cc1ccc(S(=O)(=O)N(C[C@@H](O)C[NH+](CC(C)C)CC(C)C)c2cccc3ccccc23)cc1. The molecule has 6 heteroatoms. The molecule has 0 bridgehead atoms. The summed E-state index contributed by atoms with van der Waals surface area (Å²) in [7, 11) is -3.88. The molecule has 2 N–H and O–H groups in total. The molecule has 0 aromatic heterocycles. The highest BCUT2D eigenvalue weighted by molar-refractivity contribution is 7.92. The van der Waals surface area contributed by atoms with Crippen LogP contribution in [0.2, 0.25) is 0 Å². The van der Waals surface area contributed by atoms with E-state index in [-0.39, 0.29) is 11.4 Å². The number of aliphatic hydroxyl groups excluding tert-OH is 1. The predicted molar refractivity (Wildman–Crippen MR) is 141 cm³/mol. The fraction of sp³-hybridized carbons (Fsp3) is 0.429. The van der Waals surface area contributed by atoms with Crippen molar-refractivity contribution < 1.29 is 18.4 Å². The van der Waals surface area contributed by atoms with Crippen LogP contribution in [-0.2, 0) is 10.0 Å². The van der Waals surface area contributed by atoms with E-state index in [1.807, 2.05) is 61.5 Å². The van der Waals surface area contributed by atoms with E-state index in [2.05, 4.69) is 27.7 Å². The molecular formula is C28H39N2O3S+. The summed E-state index contributed by atoms with van der Waals surface area (Å²) >= 11 is 0. The molecule has 3 aromatic rings. The average molecular weight is 484 g/mol. The molecule has 0 fully saturated rings. The Morgan fingerprint density at radius 2 is 1.41 bits per heavy atom. The second kappa shape index (κ2) is 11.3. The van der Waals surface area contributed by atoms with E-state index in [9.17, 15) is 13.5 Å². The molecule has 1 atom stereocenters. The zero-order valence-electron chi connectivity index (χ0n) is 21.0. The third-order valence-corrected chi connectivity index (χ3v) is 7.73. The topological polar surface area (TPSA) is 62.0 Å². The van der Waals surface area contributed by atoms with Crippen molar-refractivity contribution in [1.29, 1.82) is 0 Å². The second-order valence-corrected chi connectivity index (χ2v) is 12.0. The van der Waals surface area contributed by atoms with E-state index in [0.29, 0.717) is 24.1 Å². The smallest absolute Gasteiger partial charge is 0.264 e. The first-order valence-electron chi connectivity index (χ1n) is 12.2. The highest BCUT2D eigenvalue weighted by Gasteiger charge is 2.30. The van der Waals surface area contributed by atoms with Crippen molar-refractivity contribution >= 4 is 26.5 Å². The second-order valence-electron chi connectivity index (χ2n) is 10.2. The van der Waals surface area contributed by atoms with Crippen molar-refractivity contribution in [3.05, 3.63) is 72.3 Å². The van der Waals surface area contributed by atoms with Crippen LogP contribution in [0.1, 0.15) is 33.3 Å². The van der Waals surface area contributed by atoms with Gasteiger partial charge in [0.15, 0.2) is 0 Å². The van der Waals surface area contributed by atoms with Gasteiger partial charge in [-0.1, -0.05) is 81.8 Å². The summed E-state index contributed by atoms with van der Waals surface area (Å²) in [6, 6.07) is 20.3. The fourth-order valence-corrected chi connectivity index (χ4v) is 6.10. The van der Waals surface area contributed by atoms with Crippen molar-refractivity contribution in [2.75, 3.05) is 30.5 Å². The maximum absolute atomic E-state index is 13.9. The molecule has 0 saturated carbocycles. The normalized spacial score (nSPS) is 13.2. The minimum Gasteiger partial charge on any atom is -0.385 e. The Bertz CT molecular complexity index is 1160. The lowest BCUT2D eigenvalue weighted by atomic mass is 10.1. The first kappa shape index (κ1) is 26.2. The minimum absolute atomic E-state index is 0.00388. The van der Waals surface area contributed by atoms with Crippen LogP contribution in [0, 0.1) is 18.8 Å². The maximum Gasteiger partial charge on any atom is 0.264 e. The number of sulfonamides is 1. The molecule has 0 aliphatic carbocycles. The van der Waals surface area contributed by atoms with Crippen LogP contribution < -0.4 is 9.21 Å². The van der Waals surface area contributed by atoms with E-state index in [4.69, 9.17) is 0 Å². The van der Waals surface area contributed by atoms with E-state index in [0.717, 1.165) is 29.4 Å². The maximum atomic E-state index is 13.9. The van der Waals surface area contributed by atoms with Crippen LogP contribution in [0.4, 0.5) is 5.69 Å². The van der Waals surface area contributed by atoms with Gasteiger partial charge >= 0.3 is 0 Å². The van der Waals surface area contributed by atoms with Crippen LogP contribution in [0.25, 0.3) is 10.8 Å². The molecule has 0 aliphatic heterocycles. The molecule has 0 saturated heterocycles. The summed E-state index contributed by atoms with van der Waals surface area (Å²) in [4.78, 5) is 1.52. The van der Waals surface area contributed by atoms with Gasteiger partial charge in [-0.3, -0.25) is 4.31 Å². The number of anilines is 1. The summed E-state index contributed by atoms with van der Waals surface area (Å²) in [6.07, 6.45) is -0.799. The van der Waals surface area contributed by atoms with Gasteiger partial charge in [0.25, 0.3) is 10.0 Å². The molecule has 0 heterocycles. The van der Waals surface area contributed by atoms with Gasteiger partial charge in [-0.2, -0.15) is 0 Å². The standard InChI is InChI=1S/C28H38N2O3S/c1-21(2)17-29(18-22(3)4)19-25(31)20-30(34(32,33)26-15-13-23(5)14-16-26)28-12-8-10-24-9-6-7-11-27(24)28/h6-16,21-22,25,31H,17-20H2,1-5H3/p+1/t25-/m0/s1. The first-order valence-corrected chi connectivity index (χ1v) is 13.6. The van der Waals surface area contributed by atoms with Crippen LogP contribution in [0.5, 0.6) is 0 Å². The third-order valence-electron chi connectivity index (χ3n) is 5.94. The Morgan fingerprint density at radius 3 is 2.03 bits per heavy atom. The monoisotopic (exact) mass is 483 g/mol. The van der Waals surface area contributed by atoms with Gasteiger partial charge in [-0.15, -0.1) is 0 Å². The molecule has 0 unspecified atom stereocenters. The lowest BCUT2D eigenvalue weighted by molar-refractivity contribution is -0.909. The summed E-state index contributed by atoms with van der Waals surface area (Å²) < 4.78 is 29.1. The lowest BCUT2D eigenvalue weighted by Gasteiger charge is -2.30. The highest BCUT2D eigenvalue weighted by Crippen LogP contribution is 2.31. The van der Waals surface area contributed by atoms with Crippen molar-refractivity contribution in [2.24, 2.45) is 11.8 Å². The first-order chi connectivity index (χ1) is 16.1. The van der Waals surface area contributed by atoms with Crippen LogP contribution in [0.15, 0.2) is 71.6 Å². The lowest BCUT2D eigenvalue weighted by Crippen LogP contribution is -3.14. The molecule has 0 aliphatic rings. The Morgan fingerprint density at radius 1 is 0.824 bits per heavy atom. The number of hydrogen-bond donors (Lipinski definition) is 2. The van der Waals surface area contributed by atoms with Crippen molar-refractivity contribution in [2.45, 2.75) is 45.6 Å². The van der Waals surface area contributed by atoms with E-state index >= 15 is 0 Å². The molecular weight excluding hydrogens is 444 g/mol. The molecule has 0 amide bonds. The van der Waals surface area contributed by atoms with Gasteiger partial charge in [-0.25, -0.2) is 8.42 Å². The molecule has 184 valence electrons. The number of aryl methyl sites for hydroxylation is 1. The Hall–Kier alpha value is -2.41. The fourth-order valence-electron chi connectivity index (χ4n) is 4.58. The number of hydrogen-bond acceptors (Lipinski definition) is 3. The number of nitrogens with one attached hydrogen (secondary N) is 1. The zero-order valence-corrected chi connectivity index (χ0v) is 21.8. The molecule has 5 nitrogen and oxygen atoms in total. The number of aliphatic hydroxyl groups is 1. The number of fused-ring (bicyclic) bond motifs is 1. The summed E-state index contributed by atoms with van der Waals surface area (Å²) in [5.41, 5.74) is 1.59. The van der Waals surface area contributed by atoms with Crippen LogP contribution in [-0.4, -0.2) is 45.8 Å². The summed E-state index contributed by atoms with van der Waals surface area (Å²) in [6.45, 7) is 13.0. The van der Waals surface area contributed by atoms with Gasteiger partial charge < -0.3 is 10.0 Å². The quantitative estimate of drug-likeness (QED) is 0.435. The summed E-state index contributed by atoms with van der Waals surface area (Å²) in [5.74, 6) is 0.984. The molecule has 34 heavy (non-hydrogen) atoms. The van der Waals surface area contributed by atoms with Crippen molar-refractivity contribution in [3.63, 3.8) is 0 Å². The molecule has 0 spiro atoms. The van der Waals surface area contributed by atoms with E-state index in [1.165, 1.54) is 9.21 Å². The molecule has 0 radical (unpaired) electrons. The Balaban J connectivity index is 2.00. The summed E-state index contributed by atoms with van der Waals surface area (Å²) in [5, 5.41) is 13.0. The van der Waals surface area contributed by atoms with Crippen molar-refractivity contribution in [1.82, 2.24) is 0 Å². The Labute approximate surface area is 205 Å². The van der Waals surface area contributed by atoms with E-state index < -0.39 is 16.1 Å². The zero-order chi connectivity index (χ0) is 24.9. The molecule has 3 aromatic carbocycles. The highest BCUT2D eigenvalue weighted by atomic mass is 32.2. The molecule has 3 rings (SSSR count). The number of benzene rings is 3. The van der Waals surface area contributed by atoms with Gasteiger partial charge in [0, 0.05) is 17.2 Å². The van der Waals surface area contributed by atoms with Gasteiger partial charge in [-0.05, 0) is 30.5 Å². The minimum atomic E-state index is -3.88. The third kappa shape index (κ3) is 6.59. The average Bonchev–Trinajstić information content (AvgIpc) is 2.76. The van der Waals surface area contributed by atoms with Crippen molar-refractivity contribution in [3.8, 4) is 0 Å². The largest absolute Gasteiger partial charge is 0.385 e. The van der Waals surface area contributed by atoms with E-state index in [1.54, 1.807) is 12.1 Å². The predicted octanol–water partition coefficient (Wildman–Crippen LogP) is 3.90. The van der Waals surface area contributed by atoms with Gasteiger partial charge in [0.1, 0.15) is 12.6 Å². The number of rotatable bonds is 11. The van der Waals surface area contributed by atoms with Gasteiger partial charge in [0.05, 0.1) is 30.2 Å². The number of nitrogens with zero attached hydrogens (tertiary/aromatic N) is 1. The van der Waals surface area contributed by atoms with Crippen LogP contribution in [0.3, 0.4) is 0 Å².